The fraction of sp³-hybridized carbons (Fsp3) is 0.500. The molecule has 1 aromatic carbocycles. The van der Waals surface area contributed by atoms with Gasteiger partial charge in [-0.25, -0.2) is 9.38 Å². The highest BCUT2D eigenvalue weighted by molar-refractivity contribution is 5.77. The fourth-order valence-electron chi connectivity index (χ4n) is 4.52. The van der Waals surface area contributed by atoms with Gasteiger partial charge >= 0.3 is 0 Å². The summed E-state index contributed by atoms with van der Waals surface area (Å²) in [6.07, 6.45) is 6.07. The number of aryl methyl sites for hydroxylation is 2. The molecule has 1 aliphatic rings. The van der Waals surface area contributed by atoms with Gasteiger partial charge in [0.15, 0.2) is 0 Å². The van der Waals surface area contributed by atoms with E-state index in [1.54, 1.807) is 44.2 Å². The van der Waals surface area contributed by atoms with Crippen LogP contribution in [0.2, 0.25) is 0 Å². The number of carbonyl (C=O) groups is 1. The van der Waals surface area contributed by atoms with Crippen LogP contribution < -0.4 is 0 Å². The standard InChI is InChI=1S/C30H42FN5O3/c1-7-22(3)30(32-20-26(8-2)39-6)35-15-13-34(14-16-35)29(37)21-36-25(10-9-17-38-5)19-28(33-36)24-11-12-27(31)23(4)18-24/h8,11-12,18-20H,7,9-10,13-17,21H2,1-6H3/b26-8+,30-22-,32-20-. The number of halogens is 1. The Kier molecular flexibility index (Phi) is 11.3. The van der Waals surface area contributed by atoms with Crippen LogP contribution in [0.15, 0.2) is 52.5 Å². The quantitative estimate of drug-likeness (QED) is 0.216. The second-order valence-electron chi connectivity index (χ2n) is 9.72. The van der Waals surface area contributed by atoms with Gasteiger partial charge in [0.2, 0.25) is 5.91 Å². The number of hydrogen-bond acceptors (Lipinski definition) is 6. The molecule has 3 rings (SSSR count). The molecule has 2 aromatic rings. The van der Waals surface area contributed by atoms with E-state index in [0.29, 0.717) is 44.1 Å². The van der Waals surface area contributed by atoms with Crippen molar-refractivity contribution in [3.63, 3.8) is 0 Å². The lowest BCUT2D eigenvalue weighted by Gasteiger charge is -2.36. The number of hydrogen-bond donors (Lipinski definition) is 0. The van der Waals surface area contributed by atoms with Crippen LogP contribution in [0, 0.1) is 12.7 Å². The maximum Gasteiger partial charge on any atom is 0.244 e. The number of carbonyl (C=O) groups excluding carboxylic acids is 1. The van der Waals surface area contributed by atoms with Crippen LogP contribution in [0.3, 0.4) is 0 Å². The number of amides is 1. The van der Waals surface area contributed by atoms with Crippen molar-refractivity contribution in [3.8, 4) is 11.3 Å². The van der Waals surface area contributed by atoms with Gasteiger partial charge in [-0.15, -0.1) is 0 Å². The van der Waals surface area contributed by atoms with Crippen LogP contribution in [0.5, 0.6) is 0 Å². The molecule has 0 atom stereocenters. The minimum absolute atomic E-state index is 0.0319. The van der Waals surface area contributed by atoms with E-state index in [4.69, 9.17) is 19.6 Å². The van der Waals surface area contributed by atoms with E-state index in [0.717, 1.165) is 42.0 Å². The molecule has 1 saturated heterocycles. The number of aromatic nitrogens is 2. The van der Waals surface area contributed by atoms with Gasteiger partial charge in [0, 0.05) is 51.2 Å². The molecular formula is C30H42FN5O3. The van der Waals surface area contributed by atoms with Gasteiger partial charge in [-0.3, -0.25) is 9.48 Å². The van der Waals surface area contributed by atoms with Crippen molar-refractivity contribution in [2.24, 2.45) is 4.99 Å². The lowest BCUT2D eigenvalue weighted by atomic mass is 10.1. The zero-order valence-electron chi connectivity index (χ0n) is 24.2. The summed E-state index contributed by atoms with van der Waals surface area (Å²) in [5.41, 5.74) is 4.30. The van der Waals surface area contributed by atoms with Crippen LogP contribution >= 0.6 is 0 Å². The first-order chi connectivity index (χ1) is 18.8. The first kappa shape index (κ1) is 30.1. The molecule has 0 bridgehead atoms. The molecule has 8 nitrogen and oxygen atoms in total. The molecule has 0 saturated carbocycles. The predicted octanol–water partition coefficient (Wildman–Crippen LogP) is 4.98. The lowest BCUT2D eigenvalue weighted by Crippen LogP contribution is -2.49. The van der Waals surface area contributed by atoms with Crippen molar-refractivity contribution in [2.45, 2.75) is 53.5 Å². The predicted molar refractivity (Wildman–Crippen MR) is 153 cm³/mol. The number of methoxy groups -OCH3 is 2. The van der Waals surface area contributed by atoms with E-state index in [1.807, 2.05) is 24.0 Å². The maximum atomic E-state index is 13.8. The lowest BCUT2D eigenvalue weighted by molar-refractivity contribution is -0.133. The molecule has 39 heavy (non-hydrogen) atoms. The molecule has 1 aliphatic heterocycles. The van der Waals surface area contributed by atoms with Gasteiger partial charge in [-0.1, -0.05) is 6.92 Å². The van der Waals surface area contributed by atoms with Gasteiger partial charge in [-0.2, -0.15) is 5.10 Å². The Morgan fingerprint density at radius 3 is 2.49 bits per heavy atom. The normalized spacial score (nSPS) is 15.2. The van der Waals surface area contributed by atoms with Crippen molar-refractivity contribution < 1.29 is 18.7 Å². The van der Waals surface area contributed by atoms with E-state index in [2.05, 4.69) is 18.7 Å². The molecule has 1 amide bonds. The van der Waals surface area contributed by atoms with E-state index < -0.39 is 0 Å². The monoisotopic (exact) mass is 539 g/mol. The summed E-state index contributed by atoms with van der Waals surface area (Å²) in [6, 6.07) is 6.97. The van der Waals surface area contributed by atoms with Crippen molar-refractivity contribution in [3.05, 3.63) is 64.6 Å². The number of benzene rings is 1. The average molecular weight is 540 g/mol. The summed E-state index contributed by atoms with van der Waals surface area (Å²) >= 11 is 0. The number of ether oxygens (including phenoxy) is 2. The Labute approximate surface area is 231 Å². The summed E-state index contributed by atoms with van der Waals surface area (Å²) in [5.74, 6) is 1.43. The van der Waals surface area contributed by atoms with Crippen LogP contribution in [0.25, 0.3) is 11.3 Å². The summed E-state index contributed by atoms with van der Waals surface area (Å²) in [5, 5.41) is 4.75. The molecule has 0 N–H and O–H groups in total. The third-order valence-corrected chi connectivity index (χ3v) is 7.06. The number of nitrogens with zero attached hydrogens (tertiary/aromatic N) is 5. The molecule has 1 aromatic heterocycles. The first-order valence-electron chi connectivity index (χ1n) is 13.6. The molecule has 0 aliphatic carbocycles. The van der Waals surface area contributed by atoms with Crippen LogP contribution in [-0.4, -0.2) is 78.7 Å². The van der Waals surface area contributed by atoms with Crippen molar-refractivity contribution >= 4 is 12.1 Å². The zero-order valence-corrected chi connectivity index (χ0v) is 24.2. The summed E-state index contributed by atoms with van der Waals surface area (Å²) < 4.78 is 26.2. The average Bonchev–Trinajstić information content (AvgIpc) is 3.34. The van der Waals surface area contributed by atoms with E-state index in [-0.39, 0.29) is 18.3 Å². The highest BCUT2D eigenvalue weighted by atomic mass is 19.1. The topological polar surface area (TPSA) is 72.2 Å². The largest absolute Gasteiger partial charge is 0.495 e. The second kappa shape index (κ2) is 14.6. The Morgan fingerprint density at radius 1 is 1.15 bits per heavy atom. The molecule has 9 heteroatoms. The van der Waals surface area contributed by atoms with Crippen molar-refractivity contribution in [2.75, 3.05) is 47.0 Å². The van der Waals surface area contributed by atoms with Gasteiger partial charge in [0.1, 0.15) is 23.9 Å². The molecule has 0 radical (unpaired) electrons. The summed E-state index contributed by atoms with van der Waals surface area (Å²) in [6.45, 7) is 11.3. The van der Waals surface area contributed by atoms with Gasteiger partial charge < -0.3 is 19.3 Å². The Balaban J connectivity index is 1.72. The maximum absolute atomic E-state index is 13.8. The van der Waals surface area contributed by atoms with Crippen molar-refractivity contribution in [1.29, 1.82) is 0 Å². The number of aliphatic imine (C=N–C) groups is 1. The Bertz CT molecular complexity index is 1210. The molecule has 2 heterocycles. The Hall–Kier alpha value is -3.46. The smallest absolute Gasteiger partial charge is 0.244 e. The summed E-state index contributed by atoms with van der Waals surface area (Å²) in [4.78, 5) is 22.2. The van der Waals surface area contributed by atoms with Crippen molar-refractivity contribution in [1.82, 2.24) is 19.6 Å². The minimum Gasteiger partial charge on any atom is -0.495 e. The van der Waals surface area contributed by atoms with Crippen LogP contribution in [-0.2, 0) is 27.2 Å². The van der Waals surface area contributed by atoms with Crippen LogP contribution in [0.1, 0.15) is 44.9 Å². The Morgan fingerprint density at radius 2 is 1.87 bits per heavy atom. The second-order valence-corrected chi connectivity index (χ2v) is 9.72. The molecule has 212 valence electrons. The molecule has 1 fully saturated rings. The van der Waals surface area contributed by atoms with E-state index in [1.165, 1.54) is 11.6 Å². The minimum atomic E-state index is -0.244. The number of rotatable bonds is 12. The molecular weight excluding hydrogens is 497 g/mol. The van der Waals surface area contributed by atoms with Gasteiger partial charge in [-0.05, 0) is 81.5 Å². The molecule has 0 spiro atoms. The first-order valence-corrected chi connectivity index (χ1v) is 13.6. The highest BCUT2D eigenvalue weighted by Crippen LogP contribution is 2.23. The number of allylic oxidation sites excluding steroid dienone is 3. The van der Waals surface area contributed by atoms with E-state index in [9.17, 15) is 9.18 Å². The zero-order chi connectivity index (χ0) is 28.4. The summed E-state index contributed by atoms with van der Waals surface area (Å²) in [7, 11) is 3.31. The third-order valence-electron chi connectivity index (χ3n) is 7.06. The number of piperazine rings is 1. The fourth-order valence-corrected chi connectivity index (χ4v) is 4.52. The third kappa shape index (κ3) is 8.02. The molecule has 0 unspecified atom stereocenters. The SMILES string of the molecule is C\C=C(/C=N\C(=C(/C)CC)N1CCN(C(=O)Cn2nc(-c3ccc(F)c(C)c3)cc2CCCOC)CC1)OC. The highest BCUT2D eigenvalue weighted by Gasteiger charge is 2.24. The van der Waals surface area contributed by atoms with Crippen LogP contribution in [0.4, 0.5) is 4.39 Å². The van der Waals surface area contributed by atoms with Gasteiger partial charge in [0.25, 0.3) is 0 Å². The van der Waals surface area contributed by atoms with Gasteiger partial charge in [0.05, 0.1) is 19.0 Å². The van der Waals surface area contributed by atoms with E-state index >= 15 is 0 Å².